The van der Waals surface area contributed by atoms with E-state index in [1.54, 1.807) is 0 Å². The molecule has 0 amide bonds. The maximum absolute atomic E-state index is 4.37. The van der Waals surface area contributed by atoms with Crippen molar-refractivity contribution in [3.63, 3.8) is 0 Å². The molecule has 1 aromatic heterocycles. The average Bonchev–Trinajstić information content (AvgIpc) is 2.52. The third-order valence-corrected chi connectivity index (χ3v) is 4.10. The van der Waals surface area contributed by atoms with Crippen LogP contribution in [0.1, 0.15) is 0 Å². The van der Waals surface area contributed by atoms with Crippen LogP contribution in [-0.4, -0.2) is 10.2 Å². The number of rotatable bonds is 0. The summed E-state index contributed by atoms with van der Waals surface area (Å²) in [7, 11) is 0. The van der Waals surface area contributed by atoms with Crippen LogP contribution in [0.4, 0.5) is 0 Å². The standard InChI is InChI=1S/C18H10N2/c1-2-6-12-11(5-1)14-9-16-13-7-3-4-8-17(13)19-20-18(16)10-15(12)14/h1-10H. The van der Waals surface area contributed by atoms with Crippen molar-refractivity contribution in [1.29, 1.82) is 0 Å². The van der Waals surface area contributed by atoms with Gasteiger partial charge in [-0.15, -0.1) is 10.2 Å². The van der Waals surface area contributed by atoms with Crippen LogP contribution in [-0.2, 0) is 0 Å². The zero-order valence-corrected chi connectivity index (χ0v) is 10.7. The highest BCUT2D eigenvalue weighted by molar-refractivity contribution is 6.12. The molecule has 3 aromatic carbocycles. The quantitative estimate of drug-likeness (QED) is 0.382. The molecule has 5 rings (SSSR count). The van der Waals surface area contributed by atoms with Crippen molar-refractivity contribution in [2.24, 2.45) is 0 Å². The number of hydrogen-bond acceptors (Lipinski definition) is 2. The molecule has 2 heteroatoms. The lowest BCUT2D eigenvalue weighted by atomic mass is 9.80. The highest BCUT2D eigenvalue weighted by atomic mass is 15.1. The molecular weight excluding hydrogens is 244 g/mol. The minimum absolute atomic E-state index is 0.951. The van der Waals surface area contributed by atoms with Crippen LogP contribution in [0.5, 0.6) is 0 Å². The normalized spacial score (nSPS) is 12.0. The second-order valence-electron chi connectivity index (χ2n) is 5.18. The molecular formula is C18H10N2. The minimum Gasteiger partial charge on any atom is -0.150 e. The average molecular weight is 254 g/mol. The third kappa shape index (κ3) is 1.14. The van der Waals surface area contributed by atoms with Gasteiger partial charge in [0, 0.05) is 10.8 Å². The molecule has 0 atom stereocenters. The van der Waals surface area contributed by atoms with Crippen LogP contribution in [0.3, 0.4) is 0 Å². The van der Waals surface area contributed by atoms with E-state index in [-0.39, 0.29) is 0 Å². The van der Waals surface area contributed by atoms with Crippen molar-refractivity contribution < 1.29 is 0 Å². The van der Waals surface area contributed by atoms with E-state index in [2.05, 4.69) is 58.7 Å². The van der Waals surface area contributed by atoms with E-state index in [9.17, 15) is 0 Å². The molecule has 0 bridgehead atoms. The highest BCUT2D eigenvalue weighted by Gasteiger charge is 2.22. The Kier molecular flexibility index (Phi) is 1.73. The first-order valence-corrected chi connectivity index (χ1v) is 6.71. The number of benzene rings is 3. The van der Waals surface area contributed by atoms with Crippen molar-refractivity contribution in [3.05, 3.63) is 60.7 Å². The number of nitrogens with zero attached hydrogens (tertiary/aromatic N) is 2. The van der Waals surface area contributed by atoms with Gasteiger partial charge in [0.15, 0.2) is 0 Å². The molecule has 0 N–H and O–H groups in total. The summed E-state index contributed by atoms with van der Waals surface area (Å²) >= 11 is 0. The van der Waals surface area contributed by atoms with Gasteiger partial charge in [0.2, 0.25) is 0 Å². The molecule has 1 heterocycles. The summed E-state index contributed by atoms with van der Waals surface area (Å²) in [6.07, 6.45) is 0. The Morgan fingerprint density at radius 1 is 0.500 bits per heavy atom. The number of hydrogen-bond donors (Lipinski definition) is 0. The predicted octanol–water partition coefficient (Wildman–Crippen LogP) is 4.43. The molecule has 0 fully saturated rings. The summed E-state index contributed by atoms with van der Waals surface area (Å²) in [6, 6.07) is 21.1. The molecule has 0 unspecified atom stereocenters. The number of aromatic nitrogens is 2. The van der Waals surface area contributed by atoms with E-state index in [0.29, 0.717) is 0 Å². The van der Waals surface area contributed by atoms with Crippen LogP contribution < -0.4 is 0 Å². The van der Waals surface area contributed by atoms with E-state index in [1.165, 1.54) is 33.0 Å². The molecule has 92 valence electrons. The minimum atomic E-state index is 0.951. The summed E-state index contributed by atoms with van der Waals surface area (Å²) in [5.74, 6) is 0. The summed E-state index contributed by atoms with van der Waals surface area (Å²) in [5.41, 5.74) is 7.19. The smallest absolute Gasteiger partial charge is 0.0942 e. The molecule has 0 aliphatic heterocycles. The first-order valence-electron chi connectivity index (χ1n) is 6.71. The molecule has 0 saturated heterocycles. The van der Waals surface area contributed by atoms with Gasteiger partial charge in [-0.25, -0.2) is 0 Å². The first-order chi connectivity index (χ1) is 9.92. The van der Waals surface area contributed by atoms with Gasteiger partial charge in [0.05, 0.1) is 11.0 Å². The van der Waals surface area contributed by atoms with Crippen molar-refractivity contribution in [1.82, 2.24) is 10.2 Å². The van der Waals surface area contributed by atoms with Crippen molar-refractivity contribution >= 4 is 21.8 Å². The van der Waals surface area contributed by atoms with Gasteiger partial charge in [-0.1, -0.05) is 42.5 Å². The van der Waals surface area contributed by atoms with Gasteiger partial charge in [-0.2, -0.15) is 0 Å². The fourth-order valence-corrected chi connectivity index (χ4v) is 3.12. The van der Waals surface area contributed by atoms with Crippen molar-refractivity contribution in [3.8, 4) is 22.3 Å². The topological polar surface area (TPSA) is 25.8 Å². The van der Waals surface area contributed by atoms with Gasteiger partial charge in [-0.3, -0.25) is 0 Å². The predicted molar refractivity (Wildman–Crippen MR) is 81.5 cm³/mol. The Morgan fingerprint density at radius 2 is 1.15 bits per heavy atom. The second kappa shape index (κ2) is 3.42. The highest BCUT2D eigenvalue weighted by Crippen LogP contribution is 2.48. The van der Waals surface area contributed by atoms with Gasteiger partial charge in [-0.05, 0) is 40.5 Å². The fraction of sp³-hybridized carbons (Fsp3) is 0. The van der Waals surface area contributed by atoms with Gasteiger partial charge < -0.3 is 0 Å². The summed E-state index contributed by atoms with van der Waals surface area (Å²) in [5, 5.41) is 11.0. The van der Waals surface area contributed by atoms with E-state index in [0.717, 1.165) is 11.0 Å². The maximum atomic E-state index is 4.37. The largest absolute Gasteiger partial charge is 0.150 e. The SMILES string of the molecule is c1ccc2c(c1)-c1cc3nnc4ccccc4c3cc1-2. The monoisotopic (exact) mass is 254 g/mol. The Hall–Kier alpha value is -2.74. The molecule has 1 aliphatic carbocycles. The van der Waals surface area contributed by atoms with Crippen LogP contribution in [0.25, 0.3) is 44.1 Å². The van der Waals surface area contributed by atoms with Crippen LogP contribution in [0.2, 0.25) is 0 Å². The third-order valence-electron chi connectivity index (χ3n) is 4.10. The Labute approximate surface area is 115 Å². The Bertz CT molecular complexity index is 1000. The molecule has 1 aliphatic rings. The summed E-state index contributed by atoms with van der Waals surface area (Å²) < 4.78 is 0. The lowest BCUT2D eigenvalue weighted by Gasteiger charge is -2.24. The van der Waals surface area contributed by atoms with Crippen LogP contribution in [0.15, 0.2) is 60.7 Å². The summed E-state index contributed by atoms with van der Waals surface area (Å²) in [4.78, 5) is 0. The van der Waals surface area contributed by atoms with Crippen LogP contribution in [0, 0.1) is 0 Å². The van der Waals surface area contributed by atoms with Crippen LogP contribution >= 0.6 is 0 Å². The molecule has 0 radical (unpaired) electrons. The van der Waals surface area contributed by atoms with Gasteiger partial charge in [0.25, 0.3) is 0 Å². The lowest BCUT2D eigenvalue weighted by Crippen LogP contribution is -1.99. The first kappa shape index (κ1) is 10.1. The van der Waals surface area contributed by atoms with E-state index in [4.69, 9.17) is 0 Å². The molecule has 4 aromatic rings. The van der Waals surface area contributed by atoms with E-state index in [1.807, 2.05) is 12.1 Å². The molecule has 0 saturated carbocycles. The molecule has 2 nitrogen and oxygen atoms in total. The zero-order chi connectivity index (χ0) is 13.1. The molecule has 20 heavy (non-hydrogen) atoms. The summed E-state index contributed by atoms with van der Waals surface area (Å²) in [6.45, 7) is 0. The number of fused-ring (bicyclic) bond motifs is 7. The lowest BCUT2D eigenvalue weighted by molar-refractivity contribution is 1.12. The Morgan fingerprint density at radius 3 is 2.00 bits per heavy atom. The fourth-order valence-electron chi connectivity index (χ4n) is 3.12. The van der Waals surface area contributed by atoms with Crippen molar-refractivity contribution in [2.75, 3.05) is 0 Å². The second-order valence-corrected chi connectivity index (χ2v) is 5.18. The Balaban J connectivity index is 1.92. The zero-order valence-electron chi connectivity index (χ0n) is 10.7. The van der Waals surface area contributed by atoms with E-state index < -0.39 is 0 Å². The van der Waals surface area contributed by atoms with Gasteiger partial charge in [0.1, 0.15) is 0 Å². The maximum Gasteiger partial charge on any atom is 0.0942 e. The van der Waals surface area contributed by atoms with Gasteiger partial charge >= 0.3 is 0 Å². The van der Waals surface area contributed by atoms with Crippen molar-refractivity contribution in [2.45, 2.75) is 0 Å². The molecule has 0 spiro atoms. The van der Waals surface area contributed by atoms with E-state index >= 15 is 0 Å².